The Bertz CT molecular complexity index is 363. The smallest absolute Gasteiger partial charge is 0.0392 e. The molecule has 1 aromatic rings. The summed E-state index contributed by atoms with van der Waals surface area (Å²) < 4.78 is 0. The van der Waals surface area contributed by atoms with Crippen LogP contribution in [-0.4, -0.2) is 10.2 Å². The average Bonchev–Trinajstić information content (AvgIpc) is 2.41. The van der Waals surface area contributed by atoms with E-state index in [1.54, 1.807) is 0 Å². The van der Waals surface area contributed by atoms with Crippen LogP contribution in [0.4, 0.5) is 0 Å². The first-order chi connectivity index (χ1) is 6.25. The van der Waals surface area contributed by atoms with Gasteiger partial charge in [0.1, 0.15) is 0 Å². The van der Waals surface area contributed by atoms with Crippen molar-refractivity contribution in [2.45, 2.75) is 25.8 Å². The van der Waals surface area contributed by atoms with E-state index >= 15 is 0 Å². The summed E-state index contributed by atoms with van der Waals surface area (Å²) >= 11 is 0. The molecule has 1 unspecified atom stereocenters. The summed E-state index contributed by atoms with van der Waals surface area (Å²) in [5.41, 5.74) is 6.28. The quantitative estimate of drug-likeness (QED) is 0.590. The highest BCUT2D eigenvalue weighted by molar-refractivity contribution is 6.17. The van der Waals surface area contributed by atoms with E-state index in [0.717, 1.165) is 6.42 Å². The molecule has 0 saturated carbocycles. The van der Waals surface area contributed by atoms with Gasteiger partial charge in [-0.2, -0.15) is 0 Å². The molecule has 0 nitrogen and oxygen atoms in total. The fourth-order valence-corrected chi connectivity index (χ4v) is 2.54. The molecule has 0 amide bonds. The summed E-state index contributed by atoms with van der Waals surface area (Å²) in [7, 11) is 3.78. The molecule has 0 heterocycles. The molecule has 0 bridgehead atoms. The van der Waals surface area contributed by atoms with E-state index in [0.29, 0.717) is 5.54 Å². The molecule has 1 aromatic carbocycles. The molecule has 0 spiro atoms. The molecular weight excluding hydrogens is 172 g/mol. The van der Waals surface area contributed by atoms with Crippen LogP contribution in [0, 0.1) is 0 Å². The zero-order valence-electron chi connectivity index (χ0n) is 8.09. The lowest BCUT2D eigenvalue weighted by atomic mass is 10.0. The standard InChI is InChI=1S/C12H13Si/c1-3-9-8(2)12(13)11-7-5-4-6-10(9)11/h4-7,12H,3H2,1-2H3. The van der Waals surface area contributed by atoms with Crippen LogP contribution < -0.4 is 0 Å². The van der Waals surface area contributed by atoms with Crippen LogP contribution in [0.2, 0.25) is 0 Å². The van der Waals surface area contributed by atoms with E-state index in [1.165, 1.54) is 22.3 Å². The van der Waals surface area contributed by atoms with Gasteiger partial charge in [-0.3, -0.25) is 0 Å². The Kier molecular flexibility index (Phi) is 2.12. The van der Waals surface area contributed by atoms with Crippen molar-refractivity contribution in [3.05, 3.63) is 41.0 Å². The van der Waals surface area contributed by atoms with Crippen molar-refractivity contribution < 1.29 is 0 Å². The van der Waals surface area contributed by atoms with Crippen molar-refractivity contribution in [3.8, 4) is 0 Å². The normalized spacial score (nSPS) is 20.7. The van der Waals surface area contributed by atoms with E-state index in [1.807, 2.05) is 0 Å². The van der Waals surface area contributed by atoms with Gasteiger partial charge in [0.15, 0.2) is 0 Å². The molecule has 0 fully saturated rings. The van der Waals surface area contributed by atoms with Crippen molar-refractivity contribution in [2.75, 3.05) is 0 Å². The first-order valence-electron chi connectivity index (χ1n) is 4.75. The van der Waals surface area contributed by atoms with Gasteiger partial charge in [0.2, 0.25) is 0 Å². The number of hydrogen-bond donors (Lipinski definition) is 0. The van der Waals surface area contributed by atoms with E-state index < -0.39 is 0 Å². The highest BCUT2D eigenvalue weighted by atomic mass is 28.1. The van der Waals surface area contributed by atoms with Crippen LogP contribution in [0.5, 0.6) is 0 Å². The van der Waals surface area contributed by atoms with Gasteiger partial charge in [-0.25, -0.2) is 0 Å². The molecule has 3 radical (unpaired) electrons. The Labute approximate surface area is 83.1 Å². The summed E-state index contributed by atoms with van der Waals surface area (Å²) in [5.74, 6) is 0. The van der Waals surface area contributed by atoms with Crippen molar-refractivity contribution in [1.29, 1.82) is 0 Å². The maximum Gasteiger partial charge on any atom is 0.0392 e. The third-order valence-electron chi connectivity index (χ3n) is 2.86. The lowest BCUT2D eigenvalue weighted by Crippen LogP contribution is -1.94. The maximum absolute atomic E-state index is 3.78. The number of benzene rings is 1. The molecule has 1 aliphatic rings. The van der Waals surface area contributed by atoms with Gasteiger partial charge in [-0.1, -0.05) is 36.8 Å². The minimum absolute atomic E-state index is 0.436. The molecule has 0 saturated heterocycles. The van der Waals surface area contributed by atoms with Gasteiger partial charge in [0.25, 0.3) is 0 Å². The van der Waals surface area contributed by atoms with E-state index in [2.05, 4.69) is 48.4 Å². The predicted octanol–water partition coefficient (Wildman–Crippen LogP) is 3.09. The van der Waals surface area contributed by atoms with Crippen molar-refractivity contribution in [2.24, 2.45) is 0 Å². The average molecular weight is 185 g/mol. The molecule has 2 rings (SSSR count). The van der Waals surface area contributed by atoms with Crippen LogP contribution in [0.3, 0.4) is 0 Å². The molecular formula is C12H13Si. The van der Waals surface area contributed by atoms with Crippen LogP contribution in [0.25, 0.3) is 5.57 Å². The first kappa shape index (κ1) is 8.76. The van der Waals surface area contributed by atoms with Gasteiger partial charge in [-0.15, -0.1) is 0 Å². The minimum atomic E-state index is 0.436. The van der Waals surface area contributed by atoms with Crippen LogP contribution in [-0.2, 0) is 0 Å². The number of allylic oxidation sites excluding steroid dienone is 2. The summed E-state index contributed by atoms with van der Waals surface area (Å²) in [6.07, 6.45) is 1.13. The topological polar surface area (TPSA) is 0 Å². The van der Waals surface area contributed by atoms with Crippen LogP contribution in [0.1, 0.15) is 36.9 Å². The highest BCUT2D eigenvalue weighted by Crippen LogP contribution is 2.40. The molecule has 13 heavy (non-hydrogen) atoms. The van der Waals surface area contributed by atoms with E-state index in [-0.39, 0.29) is 0 Å². The Hall–Kier alpha value is -0.823. The Morgan fingerprint density at radius 1 is 1.31 bits per heavy atom. The largest absolute Gasteiger partial charge is 0.0656 e. The third-order valence-corrected chi connectivity index (χ3v) is 3.60. The number of hydrogen-bond acceptors (Lipinski definition) is 0. The number of fused-ring (bicyclic) bond motifs is 1. The van der Waals surface area contributed by atoms with E-state index in [9.17, 15) is 0 Å². The molecule has 1 atom stereocenters. The Balaban J connectivity index is 2.60. The van der Waals surface area contributed by atoms with Crippen molar-refractivity contribution in [1.82, 2.24) is 0 Å². The zero-order chi connectivity index (χ0) is 9.42. The van der Waals surface area contributed by atoms with Crippen LogP contribution >= 0.6 is 0 Å². The molecule has 0 N–H and O–H groups in total. The second-order valence-electron chi connectivity index (χ2n) is 3.54. The van der Waals surface area contributed by atoms with Gasteiger partial charge in [0, 0.05) is 10.2 Å². The Morgan fingerprint density at radius 2 is 2.00 bits per heavy atom. The summed E-state index contributed by atoms with van der Waals surface area (Å²) in [6.45, 7) is 4.44. The fourth-order valence-electron chi connectivity index (χ4n) is 2.11. The lowest BCUT2D eigenvalue weighted by Gasteiger charge is -2.05. The molecule has 0 aromatic heterocycles. The second kappa shape index (κ2) is 3.15. The molecule has 0 aliphatic heterocycles. The molecule has 65 valence electrons. The lowest BCUT2D eigenvalue weighted by molar-refractivity contribution is 1.13. The van der Waals surface area contributed by atoms with Crippen molar-refractivity contribution in [3.63, 3.8) is 0 Å². The highest BCUT2D eigenvalue weighted by Gasteiger charge is 2.23. The van der Waals surface area contributed by atoms with Crippen LogP contribution in [0.15, 0.2) is 29.8 Å². The molecule has 1 aliphatic carbocycles. The summed E-state index contributed by atoms with van der Waals surface area (Å²) in [6, 6.07) is 8.65. The summed E-state index contributed by atoms with van der Waals surface area (Å²) in [5, 5.41) is 0. The van der Waals surface area contributed by atoms with Gasteiger partial charge in [-0.05, 0) is 35.6 Å². The van der Waals surface area contributed by atoms with Gasteiger partial charge < -0.3 is 0 Å². The third kappa shape index (κ3) is 1.19. The van der Waals surface area contributed by atoms with Gasteiger partial charge >= 0.3 is 0 Å². The fraction of sp³-hybridized carbons (Fsp3) is 0.333. The monoisotopic (exact) mass is 185 g/mol. The van der Waals surface area contributed by atoms with Gasteiger partial charge in [0.05, 0.1) is 0 Å². The SMILES string of the molecule is CCC1=C(C)C([Si])c2ccccc21. The first-order valence-corrected chi connectivity index (χ1v) is 5.33. The van der Waals surface area contributed by atoms with Crippen molar-refractivity contribution >= 4 is 15.8 Å². The Morgan fingerprint density at radius 3 is 2.69 bits per heavy atom. The van der Waals surface area contributed by atoms with E-state index in [4.69, 9.17) is 0 Å². The molecule has 1 heteroatoms. The minimum Gasteiger partial charge on any atom is -0.0656 e. The maximum atomic E-state index is 3.78. The number of rotatable bonds is 1. The predicted molar refractivity (Wildman–Crippen MR) is 57.8 cm³/mol. The second-order valence-corrected chi connectivity index (χ2v) is 4.11. The zero-order valence-corrected chi connectivity index (χ0v) is 9.09. The summed E-state index contributed by atoms with van der Waals surface area (Å²) in [4.78, 5) is 0.